The number of carbonyl (C=O) groups is 1. The fourth-order valence-electron chi connectivity index (χ4n) is 0.406. The molecule has 0 rings (SSSR count). The Morgan fingerprint density at radius 2 is 2.18 bits per heavy atom. The molecule has 0 amide bonds. The van der Waals surface area contributed by atoms with Crippen molar-refractivity contribution in [1.82, 2.24) is 0 Å². The Bertz CT molecular complexity index is 139. The summed E-state index contributed by atoms with van der Waals surface area (Å²) in [4.78, 5) is 9.84. The zero-order valence-corrected chi connectivity index (χ0v) is 6.96. The van der Waals surface area contributed by atoms with Gasteiger partial charge in [-0.2, -0.15) is 8.78 Å². The van der Waals surface area contributed by atoms with Gasteiger partial charge in [0.05, 0.1) is 0 Å². The average molecular weight is 184 g/mol. The highest BCUT2D eigenvalue weighted by atomic mass is 32.2. The fourth-order valence-corrected chi connectivity index (χ4v) is 1.22. The van der Waals surface area contributed by atoms with Crippen LogP contribution in [-0.4, -0.2) is 22.1 Å². The van der Waals surface area contributed by atoms with Gasteiger partial charge in [-0.25, -0.2) is 4.79 Å². The minimum Gasteiger partial charge on any atom is -0.476 e. The third kappa shape index (κ3) is 4.19. The van der Waals surface area contributed by atoms with Gasteiger partial charge in [-0.15, -0.1) is 0 Å². The van der Waals surface area contributed by atoms with Crippen molar-refractivity contribution in [2.75, 3.05) is 5.75 Å². The van der Waals surface area contributed by atoms with Gasteiger partial charge in [-0.05, 0) is 12.2 Å². The third-order valence-electron chi connectivity index (χ3n) is 1.03. The van der Waals surface area contributed by atoms with Gasteiger partial charge in [0.2, 0.25) is 0 Å². The molecule has 1 N–H and O–H groups in total. The number of aliphatic carboxylic acids is 1. The van der Waals surface area contributed by atoms with Gasteiger partial charge in [0.1, 0.15) is 0 Å². The number of alkyl halides is 2. The zero-order valence-electron chi connectivity index (χ0n) is 6.14. The number of hydrogen-bond donors (Lipinski definition) is 1. The summed E-state index contributed by atoms with van der Waals surface area (Å²) >= 11 is 0.179. The van der Waals surface area contributed by atoms with Crippen molar-refractivity contribution in [1.29, 1.82) is 0 Å². The lowest BCUT2D eigenvalue weighted by Gasteiger charge is -2.08. The highest BCUT2D eigenvalue weighted by Gasteiger charge is 2.38. The van der Waals surface area contributed by atoms with E-state index in [1.807, 2.05) is 6.92 Å². The number of unbranched alkanes of at least 4 members (excludes halogenated alkanes) is 1. The Hall–Kier alpha value is -0.320. The first-order chi connectivity index (χ1) is 5.00. The van der Waals surface area contributed by atoms with Gasteiger partial charge in [-0.1, -0.05) is 25.1 Å². The lowest BCUT2D eigenvalue weighted by Crippen LogP contribution is -2.24. The molecule has 5 heteroatoms. The zero-order chi connectivity index (χ0) is 8.91. The monoisotopic (exact) mass is 184 g/mol. The quantitative estimate of drug-likeness (QED) is 0.665. The van der Waals surface area contributed by atoms with Crippen molar-refractivity contribution >= 4 is 17.7 Å². The standard InChI is InChI=1S/C6H10F2O2S/c1-2-3-4-11-6(7,8)5(9)10/h2-4H2,1H3,(H,9,10). The molecular formula is C6H10F2O2S. The first-order valence-corrected chi connectivity index (χ1v) is 4.24. The molecule has 0 fully saturated rings. The van der Waals surface area contributed by atoms with Crippen LogP contribution in [0.5, 0.6) is 0 Å². The molecule has 0 bridgehead atoms. The lowest BCUT2D eigenvalue weighted by molar-refractivity contribution is -0.152. The predicted molar refractivity (Wildman–Crippen MR) is 39.9 cm³/mol. The molecule has 0 aliphatic heterocycles. The van der Waals surface area contributed by atoms with Gasteiger partial charge in [0.15, 0.2) is 0 Å². The van der Waals surface area contributed by atoms with Crippen LogP contribution >= 0.6 is 11.8 Å². The van der Waals surface area contributed by atoms with E-state index in [0.717, 1.165) is 6.42 Å². The van der Waals surface area contributed by atoms with E-state index in [4.69, 9.17) is 5.11 Å². The lowest BCUT2D eigenvalue weighted by atomic mass is 10.4. The predicted octanol–water partition coefficient (Wildman–Crippen LogP) is 2.20. The second kappa shape index (κ2) is 4.54. The van der Waals surface area contributed by atoms with Crippen molar-refractivity contribution < 1.29 is 18.7 Å². The Morgan fingerprint density at radius 1 is 1.64 bits per heavy atom. The molecule has 2 nitrogen and oxygen atoms in total. The summed E-state index contributed by atoms with van der Waals surface area (Å²) in [6.45, 7) is 1.86. The van der Waals surface area contributed by atoms with E-state index < -0.39 is 11.2 Å². The molecule has 0 atom stereocenters. The first kappa shape index (κ1) is 10.7. The summed E-state index contributed by atoms with van der Waals surface area (Å²) in [6, 6.07) is 0. The topological polar surface area (TPSA) is 37.3 Å². The summed E-state index contributed by atoms with van der Waals surface area (Å²) in [5.74, 6) is -1.87. The van der Waals surface area contributed by atoms with Gasteiger partial charge in [-0.3, -0.25) is 0 Å². The first-order valence-electron chi connectivity index (χ1n) is 3.26. The maximum Gasteiger partial charge on any atom is 0.388 e. The molecule has 0 aromatic carbocycles. The van der Waals surface area contributed by atoms with Crippen LogP contribution in [0.2, 0.25) is 0 Å². The maximum atomic E-state index is 12.2. The van der Waals surface area contributed by atoms with Crippen LogP contribution in [-0.2, 0) is 4.79 Å². The maximum absolute atomic E-state index is 12.2. The smallest absolute Gasteiger partial charge is 0.388 e. The van der Waals surface area contributed by atoms with Gasteiger partial charge in [0, 0.05) is 0 Å². The Morgan fingerprint density at radius 3 is 2.55 bits per heavy atom. The Balaban J connectivity index is 3.64. The van der Waals surface area contributed by atoms with E-state index in [2.05, 4.69) is 0 Å². The number of thioether (sulfide) groups is 1. The average Bonchev–Trinajstić information content (AvgIpc) is 1.88. The van der Waals surface area contributed by atoms with Crippen molar-refractivity contribution in [2.45, 2.75) is 25.0 Å². The number of hydrogen-bond acceptors (Lipinski definition) is 2. The number of carboxylic acids is 1. The molecule has 0 saturated heterocycles. The summed E-state index contributed by atoms with van der Waals surface area (Å²) in [5.41, 5.74) is 0. The number of rotatable bonds is 5. The minimum absolute atomic E-state index is 0.179. The van der Waals surface area contributed by atoms with Crippen molar-refractivity contribution in [3.05, 3.63) is 0 Å². The fraction of sp³-hybridized carbons (Fsp3) is 0.833. The molecule has 0 aliphatic carbocycles. The van der Waals surface area contributed by atoms with Gasteiger partial charge in [0.25, 0.3) is 0 Å². The molecule has 0 radical (unpaired) electrons. The molecular weight excluding hydrogens is 174 g/mol. The van der Waals surface area contributed by atoms with E-state index in [1.54, 1.807) is 0 Å². The van der Waals surface area contributed by atoms with E-state index in [-0.39, 0.29) is 17.5 Å². The molecule has 0 spiro atoms. The van der Waals surface area contributed by atoms with Crippen LogP contribution < -0.4 is 0 Å². The van der Waals surface area contributed by atoms with Crippen LogP contribution in [0, 0.1) is 0 Å². The largest absolute Gasteiger partial charge is 0.476 e. The van der Waals surface area contributed by atoms with Crippen molar-refractivity contribution in [2.24, 2.45) is 0 Å². The Kier molecular flexibility index (Phi) is 4.40. The molecule has 0 aromatic rings. The van der Waals surface area contributed by atoms with Crippen molar-refractivity contribution in [3.63, 3.8) is 0 Å². The summed E-state index contributed by atoms with van der Waals surface area (Å²) in [7, 11) is 0. The van der Waals surface area contributed by atoms with Crippen molar-refractivity contribution in [3.8, 4) is 0 Å². The van der Waals surface area contributed by atoms with Crippen LogP contribution in [0.1, 0.15) is 19.8 Å². The normalized spacial score (nSPS) is 11.5. The molecule has 0 aliphatic rings. The second-order valence-electron chi connectivity index (χ2n) is 2.02. The summed E-state index contributed by atoms with van der Waals surface area (Å²) in [6.07, 6.45) is 1.41. The third-order valence-corrected chi connectivity index (χ3v) is 2.06. The molecule has 11 heavy (non-hydrogen) atoms. The molecule has 0 heterocycles. The molecule has 0 unspecified atom stereocenters. The van der Waals surface area contributed by atoms with E-state index >= 15 is 0 Å². The van der Waals surface area contributed by atoms with Crippen LogP contribution in [0.4, 0.5) is 8.78 Å². The summed E-state index contributed by atoms with van der Waals surface area (Å²) in [5, 5.41) is 4.35. The minimum atomic E-state index is -3.62. The molecule has 66 valence electrons. The highest BCUT2D eigenvalue weighted by molar-refractivity contribution is 8.01. The van der Waals surface area contributed by atoms with Crippen LogP contribution in [0.3, 0.4) is 0 Å². The van der Waals surface area contributed by atoms with Crippen LogP contribution in [0.15, 0.2) is 0 Å². The molecule has 0 aromatic heterocycles. The van der Waals surface area contributed by atoms with E-state index in [9.17, 15) is 13.6 Å². The van der Waals surface area contributed by atoms with E-state index in [0.29, 0.717) is 6.42 Å². The number of carboxylic acid groups (broad SMARTS) is 1. The second-order valence-corrected chi connectivity index (χ2v) is 3.23. The Labute approximate surface area is 68.0 Å². The van der Waals surface area contributed by atoms with Gasteiger partial charge < -0.3 is 5.11 Å². The van der Waals surface area contributed by atoms with Crippen LogP contribution in [0.25, 0.3) is 0 Å². The van der Waals surface area contributed by atoms with Gasteiger partial charge >= 0.3 is 11.2 Å². The number of halogens is 2. The summed E-state index contributed by atoms with van der Waals surface area (Å²) < 4.78 is 24.5. The molecule has 0 saturated carbocycles. The SMILES string of the molecule is CCCCSC(F)(F)C(=O)O. The van der Waals surface area contributed by atoms with E-state index in [1.165, 1.54) is 0 Å². The highest BCUT2D eigenvalue weighted by Crippen LogP contribution is 2.29.